The van der Waals surface area contributed by atoms with Gasteiger partial charge in [-0.1, -0.05) is 11.6 Å². The summed E-state index contributed by atoms with van der Waals surface area (Å²) in [6.45, 7) is 4.20. The fraction of sp³-hybridized carbons (Fsp3) is 0.304. The molecule has 164 valence electrons. The molecule has 0 atom stereocenters. The maximum absolute atomic E-state index is 13.0. The van der Waals surface area contributed by atoms with Gasteiger partial charge in [0.05, 0.1) is 18.7 Å². The largest absolute Gasteiger partial charge is 0.460 e. The van der Waals surface area contributed by atoms with Gasteiger partial charge in [-0.15, -0.1) is 0 Å². The molecule has 0 unspecified atom stereocenters. The molecule has 0 radical (unpaired) electrons. The van der Waals surface area contributed by atoms with Gasteiger partial charge in [0.15, 0.2) is 0 Å². The Labute approximate surface area is 185 Å². The number of hydrogen-bond donors (Lipinski definition) is 1. The van der Waals surface area contributed by atoms with Crippen molar-refractivity contribution in [1.29, 1.82) is 0 Å². The zero-order valence-electron chi connectivity index (χ0n) is 18.0. The van der Waals surface area contributed by atoms with E-state index in [1.807, 2.05) is 24.3 Å². The second-order valence-electron chi connectivity index (χ2n) is 7.19. The highest BCUT2D eigenvalue weighted by atomic mass is 35.5. The van der Waals surface area contributed by atoms with Gasteiger partial charge >= 0.3 is 5.97 Å². The van der Waals surface area contributed by atoms with E-state index in [4.69, 9.17) is 25.5 Å². The number of aromatic nitrogens is 1. The van der Waals surface area contributed by atoms with Crippen molar-refractivity contribution in [3.63, 3.8) is 0 Å². The first-order valence-electron chi connectivity index (χ1n) is 9.77. The molecule has 0 bridgehead atoms. The molecule has 0 spiro atoms. The van der Waals surface area contributed by atoms with E-state index in [1.54, 1.807) is 33.0 Å². The summed E-state index contributed by atoms with van der Waals surface area (Å²) in [6, 6.07) is 11.0. The number of aryl methyl sites for hydroxylation is 1. The van der Waals surface area contributed by atoms with Crippen LogP contribution in [0.3, 0.4) is 0 Å². The van der Waals surface area contributed by atoms with Crippen LogP contribution in [-0.2, 0) is 16.0 Å². The van der Waals surface area contributed by atoms with Crippen molar-refractivity contribution in [2.24, 2.45) is 0 Å². The van der Waals surface area contributed by atoms with Crippen molar-refractivity contribution in [3.05, 3.63) is 69.7 Å². The van der Waals surface area contributed by atoms with E-state index in [0.29, 0.717) is 45.7 Å². The number of hydrogen-bond acceptors (Lipinski definition) is 5. The molecule has 1 aromatic carbocycles. The summed E-state index contributed by atoms with van der Waals surface area (Å²) >= 11 is 5.93. The number of benzene rings is 1. The molecule has 2 heterocycles. The molecule has 0 saturated carbocycles. The molecular formula is C23H25ClN2O5. The van der Waals surface area contributed by atoms with Crippen LogP contribution in [0.2, 0.25) is 5.02 Å². The average Bonchev–Trinajstić information content (AvgIpc) is 3.32. The van der Waals surface area contributed by atoms with E-state index in [-0.39, 0.29) is 19.1 Å². The van der Waals surface area contributed by atoms with Gasteiger partial charge in [0, 0.05) is 30.4 Å². The molecule has 0 aliphatic rings. The van der Waals surface area contributed by atoms with Gasteiger partial charge in [0.2, 0.25) is 0 Å². The molecule has 0 aliphatic heterocycles. The predicted molar refractivity (Wildman–Crippen MR) is 117 cm³/mol. The molecule has 1 amide bonds. The molecule has 0 fully saturated rings. The second-order valence-corrected chi connectivity index (χ2v) is 7.62. The number of carbonyl (C=O) groups is 2. The lowest BCUT2D eigenvalue weighted by atomic mass is 10.1. The van der Waals surface area contributed by atoms with Crippen LogP contribution in [-0.4, -0.2) is 49.1 Å². The van der Waals surface area contributed by atoms with Crippen LogP contribution in [0.1, 0.15) is 37.9 Å². The van der Waals surface area contributed by atoms with Crippen molar-refractivity contribution in [2.45, 2.75) is 20.4 Å². The molecule has 0 aliphatic carbocycles. The number of aromatic amines is 1. The minimum atomic E-state index is -0.483. The number of ether oxygens (including phenoxy) is 2. The topological polar surface area (TPSA) is 84.8 Å². The van der Waals surface area contributed by atoms with Gasteiger partial charge < -0.3 is 23.8 Å². The molecule has 31 heavy (non-hydrogen) atoms. The van der Waals surface area contributed by atoms with Crippen molar-refractivity contribution in [2.75, 3.05) is 27.4 Å². The van der Waals surface area contributed by atoms with Crippen LogP contribution < -0.4 is 0 Å². The number of esters is 1. The number of carbonyl (C=O) groups excluding carboxylic acids is 2. The third-order valence-electron chi connectivity index (χ3n) is 4.91. The molecule has 2 aromatic heterocycles. The maximum atomic E-state index is 13.0. The first kappa shape index (κ1) is 22.7. The van der Waals surface area contributed by atoms with Crippen LogP contribution in [0.4, 0.5) is 0 Å². The summed E-state index contributed by atoms with van der Waals surface area (Å²) in [5, 5.41) is 0.652. The fourth-order valence-corrected chi connectivity index (χ4v) is 3.41. The van der Waals surface area contributed by atoms with Gasteiger partial charge in [-0.05, 0) is 55.8 Å². The van der Waals surface area contributed by atoms with Crippen LogP contribution in [0, 0.1) is 13.8 Å². The van der Waals surface area contributed by atoms with Gasteiger partial charge in [-0.25, -0.2) is 4.79 Å². The van der Waals surface area contributed by atoms with Crippen LogP contribution >= 0.6 is 11.6 Å². The van der Waals surface area contributed by atoms with Crippen molar-refractivity contribution in [1.82, 2.24) is 9.88 Å². The van der Waals surface area contributed by atoms with Gasteiger partial charge in [0.25, 0.3) is 5.91 Å². The number of halogens is 1. The van der Waals surface area contributed by atoms with E-state index < -0.39 is 5.97 Å². The number of amides is 1. The molecule has 8 heteroatoms. The summed E-state index contributed by atoms with van der Waals surface area (Å²) in [5.74, 6) is 0.603. The standard InChI is InChI=1S/C23H25ClN2O5/c1-14-20(23(28)30-12-11-29-4)15(2)25-21(14)22(27)26(3)13-18-9-10-19(31-18)16-5-7-17(24)8-6-16/h5-10,25H,11-13H2,1-4H3. The quantitative estimate of drug-likeness (QED) is 0.404. The molecule has 7 nitrogen and oxygen atoms in total. The third kappa shape index (κ3) is 5.18. The molecule has 1 N–H and O–H groups in total. The number of nitrogens with one attached hydrogen (secondary N) is 1. The number of methoxy groups -OCH3 is 1. The Balaban J connectivity index is 1.71. The fourth-order valence-electron chi connectivity index (χ4n) is 3.29. The first-order valence-corrected chi connectivity index (χ1v) is 10.1. The van der Waals surface area contributed by atoms with Crippen LogP contribution in [0.5, 0.6) is 0 Å². The number of furan rings is 1. The summed E-state index contributed by atoms with van der Waals surface area (Å²) in [6.07, 6.45) is 0. The highest BCUT2D eigenvalue weighted by molar-refractivity contribution is 6.30. The van der Waals surface area contributed by atoms with Gasteiger partial charge in [0.1, 0.15) is 23.8 Å². The van der Waals surface area contributed by atoms with E-state index in [1.165, 1.54) is 12.0 Å². The number of nitrogens with zero attached hydrogens (tertiary/aromatic N) is 1. The summed E-state index contributed by atoms with van der Waals surface area (Å²) in [7, 11) is 3.21. The Hall–Kier alpha value is -3.03. The number of rotatable bonds is 8. The predicted octanol–water partition coefficient (Wildman–Crippen LogP) is 4.62. The molecular weight excluding hydrogens is 420 g/mol. The van der Waals surface area contributed by atoms with Crippen molar-refractivity contribution in [3.8, 4) is 11.3 Å². The highest BCUT2D eigenvalue weighted by Crippen LogP contribution is 2.25. The van der Waals surface area contributed by atoms with Gasteiger partial charge in [-0.2, -0.15) is 0 Å². The third-order valence-corrected chi connectivity index (χ3v) is 5.16. The minimum absolute atomic E-state index is 0.150. The van der Waals surface area contributed by atoms with Crippen molar-refractivity contribution >= 4 is 23.5 Å². The minimum Gasteiger partial charge on any atom is -0.460 e. The van der Waals surface area contributed by atoms with Crippen molar-refractivity contribution < 1.29 is 23.5 Å². The second kappa shape index (κ2) is 9.85. The summed E-state index contributed by atoms with van der Waals surface area (Å²) < 4.78 is 16.0. The van der Waals surface area contributed by atoms with E-state index >= 15 is 0 Å². The highest BCUT2D eigenvalue weighted by Gasteiger charge is 2.25. The van der Waals surface area contributed by atoms with E-state index in [0.717, 1.165) is 5.56 Å². The Morgan fingerprint density at radius 3 is 2.48 bits per heavy atom. The monoisotopic (exact) mass is 444 g/mol. The Morgan fingerprint density at radius 2 is 1.81 bits per heavy atom. The smallest absolute Gasteiger partial charge is 0.340 e. The Kier molecular flexibility index (Phi) is 7.20. The lowest BCUT2D eigenvalue weighted by Crippen LogP contribution is -2.27. The number of H-pyrrole nitrogens is 1. The molecule has 3 rings (SSSR count). The molecule has 3 aromatic rings. The van der Waals surface area contributed by atoms with Gasteiger partial charge in [-0.3, -0.25) is 4.79 Å². The Bertz CT molecular complexity index is 1070. The summed E-state index contributed by atoms with van der Waals surface area (Å²) in [4.78, 5) is 29.9. The first-order chi connectivity index (χ1) is 14.8. The summed E-state index contributed by atoms with van der Waals surface area (Å²) in [5.41, 5.74) is 2.76. The van der Waals surface area contributed by atoms with Crippen LogP contribution in [0.15, 0.2) is 40.8 Å². The van der Waals surface area contributed by atoms with E-state index in [9.17, 15) is 9.59 Å². The zero-order valence-corrected chi connectivity index (χ0v) is 18.7. The molecule has 0 saturated heterocycles. The zero-order chi connectivity index (χ0) is 22.5. The normalized spacial score (nSPS) is 10.9. The lowest BCUT2D eigenvalue weighted by molar-refractivity contribution is 0.0387. The van der Waals surface area contributed by atoms with Crippen LogP contribution in [0.25, 0.3) is 11.3 Å². The lowest BCUT2D eigenvalue weighted by Gasteiger charge is -2.15. The van der Waals surface area contributed by atoms with E-state index in [2.05, 4.69) is 4.98 Å². The maximum Gasteiger partial charge on any atom is 0.340 e. The average molecular weight is 445 g/mol. The SMILES string of the molecule is COCCOC(=O)c1c(C)[nH]c(C(=O)N(C)Cc2ccc(-c3ccc(Cl)cc3)o2)c1C. The Morgan fingerprint density at radius 1 is 1.10 bits per heavy atom.